The zero-order valence-corrected chi connectivity index (χ0v) is 25.5. The fourth-order valence-electron chi connectivity index (χ4n) is 5.76. The molecule has 1 N–H and O–H groups in total. The monoisotopic (exact) mass is 660 g/mol. The molecule has 0 saturated heterocycles. The molecule has 3 nitrogen and oxygen atoms in total. The second kappa shape index (κ2) is 14.0. The van der Waals surface area contributed by atoms with Crippen LogP contribution in [0.2, 0.25) is 0 Å². The van der Waals surface area contributed by atoms with Crippen LogP contribution in [-0.4, -0.2) is 16.7 Å². The highest BCUT2D eigenvalue weighted by Gasteiger charge is 2.36. The molecule has 0 unspecified atom stereocenters. The average Bonchev–Trinajstić information content (AvgIpc) is 3.50. The maximum atomic E-state index is 12.6. The van der Waals surface area contributed by atoms with Gasteiger partial charge in [0.15, 0.2) is 5.78 Å². The first-order valence-corrected chi connectivity index (χ1v) is 14.4. The van der Waals surface area contributed by atoms with E-state index in [0.29, 0.717) is 59.9 Å². The van der Waals surface area contributed by atoms with E-state index < -0.39 is 41.3 Å². The molecule has 46 heavy (non-hydrogen) atoms. The Hall–Kier alpha value is -3.67. The molecule has 0 heterocycles. The molecule has 250 valence electrons. The normalized spacial score (nSPS) is 15.8. The van der Waals surface area contributed by atoms with Crippen molar-refractivity contribution in [2.45, 2.75) is 90.9 Å². The predicted octanol–water partition coefficient (Wildman–Crippen LogP) is 9.67. The number of rotatable bonds is 3. The second-order valence-corrected chi connectivity index (χ2v) is 11.3. The summed E-state index contributed by atoms with van der Waals surface area (Å²) in [5.41, 5.74) is 1.77. The highest BCUT2D eigenvalue weighted by atomic mass is 19.4. The minimum atomic E-state index is -4.33. The van der Waals surface area contributed by atoms with E-state index >= 15 is 0 Å². The Bertz CT molecular complexity index is 1600. The van der Waals surface area contributed by atoms with E-state index in [0.717, 1.165) is 18.2 Å². The van der Waals surface area contributed by atoms with Gasteiger partial charge in [0, 0.05) is 18.4 Å². The molecule has 5 rings (SSSR count). The molecule has 0 bridgehead atoms. The molecule has 0 fully saturated rings. The first-order chi connectivity index (χ1) is 21.1. The number of aryl methyl sites for hydroxylation is 1. The summed E-state index contributed by atoms with van der Waals surface area (Å²) in [5.74, 6) is -0.0707. The molecule has 12 heteroatoms. The van der Waals surface area contributed by atoms with Crippen molar-refractivity contribution < 1.29 is 54.2 Å². The van der Waals surface area contributed by atoms with Crippen LogP contribution in [0.4, 0.5) is 39.5 Å². The minimum absolute atomic E-state index is 0.0168. The number of hydrogen-bond donors (Lipinski definition) is 1. The molecule has 0 aromatic heterocycles. The van der Waals surface area contributed by atoms with Crippen molar-refractivity contribution in [2.24, 2.45) is 0 Å². The Balaban J connectivity index is 0.000000188. The molecular formula is C34H33F9O3. The van der Waals surface area contributed by atoms with Crippen molar-refractivity contribution in [3.05, 3.63) is 104 Å². The van der Waals surface area contributed by atoms with Crippen molar-refractivity contribution in [2.75, 3.05) is 0 Å². The summed E-state index contributed by atoms with van der Waals surface area (Å²) in [6, 6.07) is 8.81. The van der Waals surface area contributed by atoms with Crippen LogP contribution in [0.3, 0.4) is 0 Å². The quantitative estimate of drug-likeness (QED) is 0.285. The third-order valence-corrected chi connectivity index (χ3v) is 8.27. The molecule has 3 aromatic carbocycles. The fourth-order valence-corrected chi connectivity index (χ4v) is 5.76. The lowest BCUT2D eigenvalue weighted by Crippen LogP contribution is -2.09. The number of benzene rings is 3. The Morgan fingerprint density at radius 1 is 0.717 bits per heavy atom. The van der Waals surface area contributed by atoms with Gasteiger partial charge in [0.25, 0.3) is 0 Å². The lowest BCUT2D eigenvalue weighted by atomic mass is 9.98. The largest absolute Gasteiger partial charge is 0.416 e. The standard InChI is InChI=1S/C12H13F3O.C11H11F3O.C11H9F3O/c1-8(16)6-7-10-4-3-5-11(9(10)2)12(13,14)15;2*1-6-7-3-5-10(15)8(7)2-4-9(6)11(12,13)14/h3-5H,6-7H2,1-2H3;2,4,10,15H,3,5H2,1H3;2,4H,3,5H2,1H3/t;10-;/m.0./s1. The first-order valence-electron chi connectivity index (χ1n) is 14.4. The van der Waals surface area contributed by atoms with Gasteiger partial charge in [-0.25, -0.2) is 0 Å². The van der Waals surface area contributed by atoms with E-state index in [1.165, 1.54) is 45.9 Å². The number of aliphatic hydroxyl groups excluding tert-OH is 1. The third-order valence-electron chi connectivity index (χ3n) is 8.27. The highest BCUT2D eigenvalue weighted by molar-refractivity contribution is 6.00. The van der Waals surface area contributed by atoms with Crippen LogP contribution in [0.1, 0.15) is 98.3 Å². The van der Waals surface area contributed by atoms with E-state index in [-0.39, 0.29) is 34.7 Å². The van der Waals surface area contributed by atoms with Gasteiger partial charge in [-0.2, -0.15) is 39.5 Å². The van der Waals surface area contributed by atoms with Gasteiger partial charge < -0.3 is 9.90 Å². The molecule has 0 aliphatic heterocycles. The molecule has 3 aromatic rings. The van der Waals surface area contributed by atoms with Crippen molar-refractivity contribution >= 4 is 11.6 Å². The van der Waals surface area contributed by atoms with Crippen molar-refractivity contribution in [1.82, 2.24) is 0 Å². The summed E-state index contributed by atoms with van der Waals surface area (Å²) < 4.78 is 113. The predicted molar refractivity (Wildman–Crippen MR) is 153 cm³/mol. The Morgan fingerprint density at radius 2 is 1.24 bits per heavy atom. The van der Waals surface area contributed by atoms with Gasteiger partial charge in [0.2, 0.25) is 0 Å². The number of fused-ring (bicyclic) bond motifs is 2. The number of halogens is 9. The molecule has 2 aliphatic rings. The summed E-state index contributed by atoms with van der Waals surface area (Å²) in [5, 5.41) is 9.52. The topological polar surface area (TPSA) is 54.4 Å². The van der Waals surface area contributed by atoms with Crippen LogP contribution in [-0.2, 0) is 42.6 Å². The Kier molecular flexibility index (Phi) is 11.2. The van der Waals surface area contributed by atoms with E-state index in [4.69, 9.17) is 0 Å². The lowest BCUT2D eigenvalue weighted by molar-refractivity contribution is -0.138. The van der Waals surface area contributed by atoms with E-state index in [2.05, 4.69) is 0 Å². The van der Waals surface area contributed by atoms with Crippen molar-refractivity contribution in [3.8, 4) is 0 Å². The zero-order valence-electron chi connectivity index (χ0n) is 25.5. The zero-order chi connectivity index (χ0) is 34.8. The molecule has 0 spiro atoms. The van der Waals surface area contributed by atoms with Crippen LogP contribution < -0.4 is 0 Å². The van der Waals surface area contributed by atoms with Gasteiger partial charge in [-0.05, 0) is 111 Å². The highest BCUT2D eigenvalue weighted by Crippen LogP contribution is 2.40. The van der Waals surface area contributed by atoms with E-state index in [9.17, 15) is 54.2 Å². The number of hydrogen-bond acceptors (Lipinski definition) is 3. The molecular weight excluding hydrogens is 627 g/mol. The third kappa shape index (κ3) is 8.57. The summed E-state index contributed by atoms with van der Waals surface area (Å²) in [4.78, 5) is 22.1. The van der Waals surface area contributed by atoms with Crippen molar-refractivity contribution in [3.63, 3.8) is 0 Å². The molecule has 0 saturated carbocycles. The smallest absolute Gasteiger partial charge is 0.388 e. The maximum absolute atomic E-state index is 12.6. The van der Waals surface area contributed by atoms with Crippen LogP contribution in [0, 0.1) is 20.8 Å². The summed E-state index contributed by atoms with van der Waals surface area (Å²) >= 11 is 0. The molecule has 0 radical (unpaired) electrons. The lowest BCUT2D eigenvalue weighted by Gasteiger charge is -2.14. The summed E-state index contributed by atoms with van der Waals surface area (Å²) in [6.07, 6.45) is -11.1. The van der Waals surface area contributed by atoms with Gasteiger partial charge in [-0.1, -0.05) is 24.3 Å². The Morgan fingerprint density at radius 3 is 1.78 bits per heavy atom. The van der Waals surface area contributed by atoms with Gasteiger partial charge in [0.05, 0.1) is 22.8 Å². The van der Waals surface area contributed by atoms with Crippen LogP contribution >= 0.6 is 0 Å². The van der Waals surface area contributed by atoms with Gasteiger partial charge >= 0.3 is 18.5 Å². The summed E-state index contributed by atoms with van der Waals surface area (Å²) in [6.45, 7) is 5.78. The molecule has 0 amide bonds. The number of Topliss-reactive ketones (excluding diaryl/α,β-unsaturated/α-hetero) is 2. The average molecular weight is 661 g/mol. The number of carbonyl (C=O) groups excluding carboxylic acids is 2. The maximum Gasteiger partial charge on any atom is 0.416 e. The Labute approximate surface area is 260 Å². The number of carbonyl (C=O) groups is 2. The van der Waals surface area contributed by atoms with Crippen LogP contribution in [0.5, 0.6) is 0 Å². The van der Waals surface area contributed by atoms with E-state index in [1.807, 2.05) is 0 Å². The number of ketones is 2. The van der Waals surface area contributed by atoms with Gasteiger partial charge in [-0.3, -0.25) is 4.79 Å². The second-order valence-electron chi connectivity index (χ2n) is 11.3. The van der Waals surface area contributed by atoms with Crippen LogP contribution in [0.25, 0.3) is 0 Å². The minimum Gasteiger partial charge on any atom is -0.388 e. The number of alkyl halides is 9. The summed E-state index contributed by atoms with van der Waals surface area (Å²) in [7, 11) is 0. The first kappa shape index (κ1) is 36.8. The van der Waals surface area contributed by atoms with E-state index in [1.54, 1.807) is 6.07 Å². The van der Waals surface area contributed by atoms with Gasteiger partial charge in [0.1, 0.15) is 5.78 Å². The fraction of sp³-hybridized carbons (Fsp3) is 0.412. The SMILES string of the molecule is CC(=O)CCc1cccc(C(F)(F)F)c1C.Cc1c(C(F)(F)F)ccc2c1CCC2=O.Cc1c(C(F)(F)F)ccc2c1CC[C@@H]2O. The van der Waals surface area contributed by atoms with Crippen LogP contribution in [0.15, 0.2) is 42.5 Å². The molecule has 1 atom stereocenters. The van der Waals surface area contributed by atoms with Crippen molar-refractivity contribution in [1.29, 1.82) is 0 Å². The van der Waals surface area contributed by atoms with Gasteiger partial charge in [-0.15, -0.1) is 0 Å². The number of aliphatic hydroxyl groups is 1. The molecule has 2 aliphatic carbocycles.